The van der Waals surface area contributed by atoms with Gasteiger partial charge in [0.05, 0.1) is 31.9 Å². The third kappa shape index (κ3) is 6.57. The van der Waals surface area contributed by atoms with Gasteiger partial charge in [0, 0.05) is 5.69 Å². The minimum atomic E-state index is 0. The number of halogens is 2. The van der Waals surface area contributed by atoms with E-state index in [1.807, 2.05) is 24.3 Å². The molecule has 1 aliphatic carbocycles. The molecule has 1 aliphatic rings. The standard InChI is InChI=1S/C21H26ClN3O3.HI/c1-26-18-10-8-15(12-17(18)22)25-21(23)24-13-14-7-9-19(27-2)20(11-14)28-16-5-3-4-6-16;/h7-12,16H,3-6,13H2,1-2H3,(H3,23,24,25);1H. The number of nitrogens with zero attached hydrogens (tertiary/aromatic N) is 1. The van der Waals surface area contributed by atoms with Gasteiger partial charge in [-0.05, 0) is 61.6 Å². The molecule has 6 nitrogen and oxygen atoms in total. The van der Waals surface area contributed by atoms with E-state index in [0.717, 1.165) is 35.6 Å². The molecule has 0 unspecified atom stereocenters. The summed E-state index contributed by atoms with van der Waals surface area (Å²) in [4.78, 5) is 4.40. The van der Waals surface area contributed by atoms with Gasteiger partial charge in [0.15, 0.2) is 17.5 Å². The lowest BCUT2D eigenvalue weighted by molar-refractivity contribution is 0.200. The van der Waals surface area contributed by atoms with Crippen LogP contribution in [0.15, 0.2) is 41.4 Å². The van der Waals surface area contributed by atoms with Gasteiger partial charge in [0.2, 0.25) is 0 Å². The summed E-state index contributed by atoms with van der Waals surface area (Å²) in [7, 11) is 3.22. The maximum Gasteiger partial charge on any atom is 0.193 e. The normalized spacial score (nSPS) is 14.2. The fourth-order valence-electron chi connectivity index (χ4n) is 3.21. The first-order valence-corrected chi connectivity index (χ1v) is 9.71. The third-order valence-corrected chi connectivity index (χ3v) is 4.98. The van der Waals surface area contributed by atoms with Gasteiger partial charge in [-0.3, -0.25) is 0 Å². The average molecular weight is 532 g/mol. The molecule has 29 heavy (non-hydrogen) atoms. The van der Waals surface area contributed by atoms with Crippen molar-refractivity contribution in [1.29, 1.82) is 0 Å². The second kappa shape index (κ2) is 11.3. The second-order valence-electron chi connectivity index (χ2n) is 6.69. The number of nitrogens with one attached hydrogen (secondary N) is 1. The Bertz CT molecular complexity index is 842. The molecular weight excluding hydrogens is 505 g/mol. The summed E-state index contributed by atoms with van der Waals surface area (Å²) in [6.07, 6.45) is 4.88. The number of benzene rings is 2. The van der Waals surface area contributed by atoms with Gasteiger partial charge in [-0.15, -0.1) is 24.0 Å². The van der Waals surface area contributed by atoms with Crippen LogP contribution in [0.5, 0.6) is 17.2 Å². The van der Waals surface area contributed by atoms with Crippen molar-refractivity contribution in [3.8, 4) is 17.2 Å². The number of ether oxygens (including phenoxy) is 3. The smallest absolute Gasteiger partial charge is 0.193 e. The van der Waals surface area contributed by atoms with Crippen LogP contribution < -0.4 is 25.3 Å². The Balaban J connectivity index is 0.00000300. The molecule has 0 aliphatic heterocycles. The SMILES string of the molecule is COc1ccc(NC(N)=NCc2ccc(OC)c(OC3CCCC3)c2)cc1Cl.I. The molecular formula is C21H27ClIN3O3. The Labute approximate surface area is 193 Å². The van der Waals surface area contributed by atoms with Crippen LogP contribution in [-0.4, -0.2) is 26.3 Å². The lowest BCUT2D eigenvalue weighted by Gasteiger charge is -2.16. The highest BCUT2D eigenvalue weighted by molar-refractivity contribution is 14.0. The fraction of sp³-hybridized carbons (Fsp3) is 0.381. The van der Waals surface area contributed by atoms with Crippen LogP contribution >= 0.6 is 35.6 Å². The molecule has 1 saturated carbocycles. The van der Waals surface area contributed by atoms with E-state index in [1.54, 1.807) is 26.4 Å². The van der Waals surface area contributed by atoms with E-state index in [-0.39, 0.29) is 30.1 Å². The molecule has 3 N–H and O–H groups in total. The zero-order valence-electron chi connectivity index (χ0n) is 16.6. The Kier molecular flexibility index (Phi) is 9.16. The van der Waals surface area contributed by atoms with E-state index in [0.29, 0.717) is 23.3 Å². The summed E-state index contributed by atoms with van der Waals surface area (Å²) in [5.41, 5.74) is 7.74. The Morgan fingerprint density at radius 1 is 1.07 bits per heavy atom. The maximum absolute atomic E-state index is 6.13. The molecule has 0 spiro atoms. The largest absolute Gasteiger partial charge is 0.495 e. The first-order chi connectivity index (χ1) is 13.6. The number of methoxy groups -OCH3 is 2. The van der Waals surface area contributed by atoms with Crippen LogP contribution in [-0.2, 0) is 6.54 Å². The second-order valence-corrected chi connectivity index (χ2v) is 7.09. The number of rotatable bonds is 7. The number of nitrogens with two attached hydrogens (primary N) is 1. The van der Waals surface area contributed by atoms with Crippen LogP contribution in [0.25, 0.3) is 0 Å². The third-order valence-electron chi connectivity index (χ3n) is 4.68. The topological polar surface area (TPSA) is 78.1 Å². The summed E-state index contributed by atoms with van der Waals surface area (Å²) in [6.45, 7) is 0.424. The zero-order chi connectivity index (χ0) is 19.9. The highest BCUT2D eigenvalue weighted by atomic mass is 127. The van der Waals surface area contributed by atoms with Gasteiger partial charge in [-0.1, -0.05) is 17.7 Å². The number of anilines is 1. The minimum Gasteiger partial charge on any atom is -0.495 e. The fourth-order valence-corrected chi connectivity index (χ4v) is 3.46. The lowest BCUT2D eigenvalue weighted by atomic mass is 10.2. The molecule has 0 amide bonds. The molecule has 0 radical (unpaired) electrons. The molecule has 2 aromatic carbocycles. The monoisotopic (exact) mass is 531 g/mol. The van der Waals surface area contributed by atoms with Gasteiger partial charge in [0.1, 0.15) is 5.75 Å². The summed E-state index contributed by atoms with van der Waals surface area (Å²) < 4.78 is 16.7. The summed E-state index contributed by atoms with van der Waals surface area (Å²) in [5.74, 6) is 2.40. The van der Waals surface area contributed by atoms with Gasteiger partial charge in [-0.25, -0.2) is 4.99 Å². The highest BCUT2D eigenvalue weighted by Gasteiger charge is 2.18. The summed E-state index contributed by atoms with van der Waals surface area (Å²) in [6, 6.07) is 11.2. The van der Waals surface area contributed by atoms with Crippen molar-refractivity contribution in [2.24, 2.45) is 10.7 Å². The first-order valence-electron chi connectivity index (χ1n) is 9.33. The number of hydrogen-bond donors (Lipinski definition) is 2. The first kappa shape index (κ1) is 23.4. The predicted octanol–water partition coefficient (Wildman–Crippen LogP) is 5.22. The van der Waals surface area contributed by atoms with Crippen molar-refractivity contribution in [3.05, 3.63) is 47.0 Å². The van der Waals surface area contributed by atoms with Gasteiger partial charge in [-0.2, -0.15) is 0 Å². The van der Waals surface area contributed by atoms with Crippen molar-refractivity contribution in [3.63, 3.8) is 0 Å². The van der Waals surface area contributed by atoms with Crippen LogP contribution in [0.2, 0.25) is 5.02 Å². The van der Waals surface area contributed by atoms with E-state index in [1.165, 1.54) is 12.8 Å². The number of aliphatic imine (C=N–C) groups is 1. The maximum atomic E-state index is 6.13. The number of guanidine groups is 1. The Morgan fingerprint density at radius 2 is 1.76 bits per heavy atom. The zero-order valence-corrected chi connectivity index (χ0v) is 19.7. The number of hydrogen-bond acceptors (Lipinski definition) is 4. The van der Waals surface area contributed by atoms with Crippen molar-refractivity contribution in [2.45, 2.75) is 38.3 Å². The van der Waals surface area contributed by atoms with Crippen molar-refractivity contribution < 1.29 is 14.2 Å². The Morgan fingerprint density at radius 3 is 2.41 bits per heavy atom. The Hall–Kier alpha value is -1.87. The summed E-state index contributed by atoms with van der Waals surface area (Å²) >= 11 is 6.13. The molecule has 2 aromatic rings. The van der Waals surface area contributed by atoms with E-state index in [2.05, 4.69) is 10.3 Å². The molecule has 0 aromatic heterocycles. The van der Waals surface area contributed by atoms with Gasteiger partial charge in [0.25, 0.3) is 0 Å². The molecule has 0 atom stereocenters. The molecule has 158 valence electrons. The lowest BCUT2D eigenvalue weighted by Crippen LogP contribution is -2.22. The van der Waals surface area contributed by atoms with Crippen molar-refractivity contribution in [1.82, 2.24) is 0 Å². The molecule has 0 heterocycles. The quantitative estimate of drug-likeness (QED) is 0.291. The van der Waals surface area contributed by atoms with Crippen LogP contribution in [0.4, 0.5) is 5.69 Å². The predicted molar refractivity (Wildman–Crippen MR) is 128 cm³/mol. The van der Waals surface area contributed by atoms with Gasteiger partial charge < -0.3 is 25.3 Å². The summed E-state index contributed by atoms with van der Waals surface area (Å²) in [5, 5.41) is 3.54. The van der Waals surface area contributed by atoms with E-state index >= 15 is 0 Å². The molecule has 0 bridgehead atoms. The van der Waals surface area contributed by atoms with E-state index < -0.39 is 0 Å². The van der Waals surface area contributed by atoms with Gasteiger partial charge >= 0.3 is 0 Å². The van der Waals surface area contributed by atoms with Crippen LogP contribution in [0.1, 0.15) is 31.2 Å². The highest BCUT2D eigenvalue weighted by Crippen LogP contribution is 2.32. The minimum absolute atomic E-state index is 0. The van der Waals surface area contributed by atoms with Crippen molar-refractivity contribution in [2.75, 3.05) is 19.5 Å². The van der Waals surface area contributed by atoms with Crippen LogP contribution in [0, 0.1) is 0 Å². The molecule has 8 heteroatoms. The molecule has 3 rings (SSSR count). The van der Waals surface area contributed by atoms with E-state index in [4.69, 9.17) is 31.5 Å². The molecule has 1 fully saturated rings. The van der Waals surface area contributed by atoms with Crippen molar-refractivity contribution >= 4 is 47.2 Å². The van der Waals surface area contributed by atoms with Crippen LogP contribution in [0.3, 0.4) is 0 Å². The van der Waals surface area contributed by atoms with E-state index in [9.17, 15) is 0 Å². The molecule has 0 saturated heterocycles. The average Bonchev–Trinajstić information content (AvgIpc) is 3.20.